The Morgan fingerprint density at radius 2 is 2.00 bits per heavy atom. The van der Waals surface area contributed by atoms with Crippen LogP contribution in [0, 0.1) is 0 Å². The fourth-order valence-corrected chi connectivity index (χ4v) is 3.93. The van der Waals surface area contributed by atoms with Crippen LogP contribution in [0.4, 0.5) is 5.69 Å². The molecule has 1 amide bonds. The lowest BCUT2D eigenvalue weighted by molar-refractivity contribution is -0.113. The van der Waals surface area contributed by atoms with Gasteiger partial charge in [-0.2, -0.15) is 8.75 Å². The van der Waals surface area contributed by atoms with Crippen LogP contribution in [0.25, 0.3) is 22.3 Å². The molecule has 2 heterocycles. The van der Waals surface area contributed by atoms with E-state index in [-0.39, 0.29) is 11.7 Å². The number of nitrogens with one attached hydrogen (secondary N) is 1. The minimum atomic E-state index is -0.0974. The first-order valence-corrected chi connectivity index (χ1v) is 9.65. The van der Waals surface area contributed by atoms with Crippen molar-refractivity contribution in [2.75, 3.05) is 11.1 Å². The molecule has 2 aromatic carbocycles. The summed E-state index contributed by atoms with van der Waals surface area (Å²) >= 11 is 2.54. The van der Waals surface area contributed by atoms with Gasteiger partial charge in [0.2, 0.25) is 5.91 Å². The zero-order valence-corrected chi connectivity index (χ0v) is 15.5. The van der Waals surface area contributed by atoms with Crippen LogP contribution in [-0.4, -0.2) is 30.0 Å². The first kappa shape index (κ1) is 16.7. The molecule has 0 spiro atoms. The Balaban J connectivity index is 1.44. The molecule has 0 radical (unpaired) electrons. The molecule has 0 saturated heterocycles. The fourth-order valence-electron chi connectivity index (χ4n) is 2.63. The van der Waals surface area contributed by atoms with Crippen LogP contribution >= 0.6 is 23.5 Å². The van der Waals surface area contributed by atoms with Gasteiger partial charge in [0.1, 0.15) is 11.0 Å². The molecule has 0 fully saturated rings. The Bertz CT molecular complexity index is 1060. The van der Waals surface area contributed by atoms with E-state index in [1.54, 1.807) is 0 Å². The summed E-state index contributed by atoms with van der Waals surface area (Å²) in [6.07, 6.45) is 1.83. The van der Waals surface area contributed by atoms with Gasteiger partial charge in [0.25, 0.3) is 0 Å². The predicted octanol–water partition coefficient (Wildman–Crippen LogP) is 3.82. The molecule has 0 atom stereocenters. The summed E-state index contributed by atoms with van der Waals surface area (Å²) in [4.78, 5) is 16.8. The third-order valence-electron chi connectivity index (χ3n) is 3.91. The Morgan fingerprint density at radius 1 is 1.15 bits per heavy atom. The molecule has 6 nitrogen and oxygen atoms in total. The van der Waals surface area contributed by atoms with Gasteiger partial charge in [-0.3, -0.25) is 4.79 Å². The Hall–Kier alpha value is -2.71. The van der Waals surface area contributed by atoms with Crippen molar-refractivity contribution >= 4 is 46.1 Å². The van der Waals surface area contributed by atoms with Crippen molar-refractivity contribution < 1.29 is 4.79 Å². The van der Waals surface area contributed by atoms with Crippen LogP contribution in [0.3, 0.4) is 0 Å². The average molecular weight is 381 g/mol. The summed E-state index contributed by atoms with van der Waals surface area (Å²) in [7, 11) is 1.96. The molecule has 0 bridgehead atoms. The van der Waals surface area contributed by atoms with E-state index < -0.39 is 0 Å². The summed E-state index contributed by atoms with van der Waals surface area (Å²) < 4.78 is 10.4. The number of rotatable bonds is 5. The lowest BCUT2D eigenvalue weighted by Gasteiger charge is -2.07. The van der Waals surface area contributed by atoms with Gasteiger partial charge in [0.05, 0.1) is 35.1 Å². The number of thioether (sulfide) groups is 1. The van der Waals surface area contributed by atoms with Crippen LogP contribution in [0.1, 0.15) is 0 Å². The van der Waals surface area contributed by atoms with Crippen molar-refractivity contribution in [2.45, 2.75) is 5.16 Å². The highest BCUT2D eigenvalue weighted by Gasteiger charge is 2.12. The highest BCUT2D eigenvalue weighted by Crippen LogP contribution is 2.25. The number of amides is 1. The van der Waals surface area contributed by atoms with E-state index >= 15 is 0 Å². The highest BCUT2D eigenvalue weighted by atomic mass is 32.2. The number of nitrogens with zero attached hydrogens (tertiary/aromatic N) is 4. The van der Waals surface area contributed by atoms with Gasteiger partial charge >= 0.3 is 0 Å². The maximum atomic E-state index is 12.3. The molecule has 0 saturated carbocycles. The van der Waals surface area contributed by atoms with Crippen LogP contribution in [0.2, 0.25) is 0 Å². The summed E-state index contributed by atoms with van der Waals surface area (Å²) in [6.45, 7) is 0. The molecule has 0 unspecified atom stereocenters. The first-order valence-electron chi connectivity index (χ1n) is 7.93. The van der Waals surface area contributed by atoms with Crippen molar-refractivity contribution in [3.63, 3.8) is 0 Å². The molecular weight excluding hydrogens is 366 g/mol. The smallest absolute Gasteiger partial charge is 0.234 e. The van der Waals surface area contributed by atoms with E-state index in [0.717, 1.165) is 39.2 Å². The van der Waals surface area contributed by atoms with E-state index in [1.165, 1.54) is 11.8 Å². The third kappa shape index (κ3) is 3.33. The molecule has 1 N–H and O–H groups in total. The molecule has 0 aliphatic rings. The number of imidazole rings is 1. The second-order valence-electron chi connectivity index (χ2n) is 5.63. The number of fused-ring (bicyclic) bond motifs is 1. The SMILES string of the molecule is Cn1c(-c2ccccc2)cnc1SCC(=O)Nc1cccc2nsnc12. The predicted molar refractivity (Wildman–Crippen MR) is 105 cm³/mol. The summed E-state index contributed by atoms with van der Waals surface area (Å²) in [5.41, 5.74) is 4.32. The number of hydrogen-bond acceptors (Lipinski definition) is 6. The average Bonchev–Trinajstić information content (AvgIpc) is 3.28. The normalized spacial score (nSPS) is 11.0. The highest BCUT2D eigenvalue weighted by molar-refractivity contribution is 7.99. The maximum Gasteiger partial charge on any atom is 0.234 e. The van der Waals surface area contributed by atoms with E-state index in [9.17, 15) is 4.79 Å². The van der Waals surface area contributed by atoms with E-state index in [1.807, 2.05) is 66.3 Å². The minimum Gasteiger partial charge on any atom is -0.323 e. The van der Waals surface area contributed by atoms with Crippen molar-refractivity contribution in [1.82, 2.24) is 18.3 Å². The lowest BCUT2D eigenvalue weighted by Crippen LogP contribution is -2.14. The molecule has 4 rings (SSSR count). The van der Waals surface area contributed by atoms with Crippen molar-refractivity contribution in [3.05, 3.63) is 54.7 Å². The van der Waals surface area contributed by atoms with Crippen LogP contribution in [-0.2, 0) is 11.8 Å². The molecule has 130 valence electrons. The summed E-state index contributed by atoms with van der Waals surface area (Å²) in [5.74, 6) is 0.173. The monoisotopic (exact) mass is 381 g/mol. The second kappa shape index (κ2) is 7.27. The number of carbonyl (C=O) groups is 1. The minimum absolute atomic E-state index is 0.0974. The molecule has 2 aromatic heterocycles. The van der Waals surface area contributed by atoms with Gasteiger partial charge in [-0.1, -0.05) is 48.2 Å². The quantitative estimate of drug-likeness (QED) is 0.532. The van der Waals surface area contributed by atoms with Gasteiger partial charge in [-0.15, -0.1) is 0 Å². The topological polar surface area (TPSA) is 72.7 Å². The molecule has 8 heteroatoms. The maximum absolute atomic E-state index is 12.3. The van der Waals surface area contributed by atoms with Crippen LogP contribution in [0.5, 0.6) is 0 Å². The summed E-state index contributed by atoms with van der Waals surface area (Å²) in [5, 5.41) is 3.71. The Kier molecular flexibility index (Phi) is 4.68. The third-order valence-corrected chi connectivity index (χ3v) is 5.49. The molecule has 0 aliphatic carbocycles. The van der Waals surface area contributed by atoms with Crippen molar-refractivity contribution in [1.29, 1.82) is 0 Å². The fraction of sp³-hybridized carbons (Fsp3) is 0.111. The molecular formula is C18H15N5OS2. The zero-order chi connectivity index (χ0) is 17.9. The van der Waals surface area contributed by atoms with Crippen molar-refractivity contribution in [3.8, 4) is 11.3 Å². The molecule has 0 aliphatic heterocycles. The number of carbonyl (C=O) groups excluding carboxylic acids is 1. The van der Waals surface area contributed by atoms with Gasteiger partial charge in [0.15, 0.2) is 5.16 Å². The van der Waals surface area contributed by atoms with Crippen molar-refractivity contribution in [2.24, 2.45) is 7.05 Å². The van der Waals surface area contributed by atoms with Crippen LogP contribution in [0.15, 0.2) is 59.9 Å². The standard InChI is InChI=1S/C18H15N5OS2/c1-23-15(12-6-3-2-4-7-12)10-19-18(23)25-11-16(24)20-13-8-5-9-14-17(13)22-26-21-14/h2-10H,11H2,1H3,(H,20,24). The Labute approximate surface area is 158 Å². The number of anilines is 1. The van der Waals surface area contributed by atoms with Gasteiger partial charge in [-0.25, -0.2) is 4.98 Å². The van der Waals surface area contributed by atoms with E-state index in [2.05, 4.69) is 19.0 Å². The lowest BCUT2D eigenvalue weighted by atomic mass is 10.2. The zero-order valence-electron chi connectivity index (χ0n) is 13.9. The van der Waals surface area contributed by atoms with E-state index in [4.69, 9.17) is 0 Å². The van der Waals surface area contributed by atoms with Gasteiger partial charge in [0, 0.05) is 7.05 Å². The van der Waals surface area contributed by atoms with E-state index in [0.29, 0.717) is 5.69 Å². The first-order chi connectivity index (χ1) is 12.7. The van der Waals surface area contributed by atoms with Gasteiger partial charge in [-0.05, 0) is 17.7 Å². The molecule has 4 aromatic rings. The number of benzene rings is 2. The number of hydrogen-bond donors (Lipinski definition) is 1. The van der Waals surface area contributed by atoms with Gasteiger partial charge < -0.3 is 9.88 Å². The molecule has 26 heavy (non-hydrogen) atoms. The second-order valence-corrected chi connectivity index (χ2v) is 7.10. The summed E-state index contributed by atoms with van der Waals surface area (Å²) in [6, 6.07) is 15.6. The Morgan fingerprint density at radius 3 is 2.85 bits per heavy atom. The largest absolute Gasteiger partial charge is 0.323 e. The van der Waals surface area contributed by atoms with Crippen LogP contribution < -0.4 is 5.32 Å². The number of aromatic nitrogens is 4.